The van der Waals surface area contributed by atoms with E-state index in [0.717, 1.165) is 49.9 Å². The number of hydrogen-bond donors (Lipinski definition) is 2. The van der Waals surface area contributed by atoms with Crippen LogP contribution in [-0.2, 0) is 4.74 Å². The van der Waals surface area contributed by atoms with Crippen molar-refractivity contribution >= 4 is 0 Å². The predicted molar refractivity (Wildman–Crippen MR) is 127 cm³/mol. The van der Waals surface area contributed by atoms with E-state index in [9.17, 15) is 10.2 Å². The van der Waals surface area contributed by atoms with Crippen LogP contribution >= 0.6 is 0 Å². The largest absolute Gasteiger partial charge is 0.393 e. The fraction of sp³-hybridized carbons (Fsp3) is 0.931. The third-order valence-electron chi connectivity index (χ3n) is 11.5. The molecule has 6 fully saturated rings. The van der Waals surface area contributed by atoms with Gasteiger partial charge in [0.1, 0.15) is 0 Å². The molecule has 10 atom stereocenters. The molecule has 3 nitrogen and oxygen atoms in total. The van der Waals surface area contributed by atoms with Gasteiger partial charge < -0.3 is 14.9 Å². The lowest BCUT2D eigenvalue weighted by Crippen LogP contribution is -2.53. The molecule has 5 saturated carbocycles. The molecule has 0 aromatic carbocycles. The Bertz CT molecular complexity index is 778. The van der Waals surface area contributed by atoms with E-state index >= 15 is 0 Å². The van der Waals surface area contributed by atoms with Crippen LogP contribution in [0, 0.1) is 34.5 Å². The first kappa shape index (κ1) is 22.1. The highest BCUT2D eigenvalue weighted by molar-refractivity contribution is 5.24. The van der Waals surface area contributed by atoms with Gasteiger partial charge >= 0.3 is 0 Å². The Morgan fingerprint density at radius 3 is 2.62 bits per heavy atom. The van der Waals surface area contributed by atoms with Gasteiger partial charge in [0.2, 0.25) is 0 Å². The maximum absolute atomic E-state index is 11.1. The summed E-state index contributed by atoms with van der Waals surface area (Å²) in [7, 11) is 0. The van der Waals surface area contributed by atoms with Gasteiger partial charge in [-0.15, -0.1) is 0 Å². The second-order valence-electron chi connectivity index (χ2n) is 14.0. The van der Waals surface area contributed by atoms with Crippen LogP contribution in [0.25, 0.3) is 0 Å². The van der Waals surface area contributed by atoms with Crippen LogP contribution in [0.3, 0.4) is 0 Å². The molecule has 0 bridgehead atoms. The average molecular weight is 443 g/mol. The molecular formula is C29H46O3. The van der Waals surface area contributed by atoms with E-state index in [1.807, 2.05) is 0 Å². The summed E-state index contributed by atoms with van der Waals surface area (Å²) in [5.41, 5.74) is 1.85. The van der Waals surface area contributed by atoms with E-state index in [4.69, 9.17) is 11.3 Å². The highest BCUT2D eigenvalue weighted by Crippen LogP contribution is 2.70. The second-order valence-corrected chi connectivity index (χ2v) is 14.0. The Kier molecular flexibility index (Phi) is 5.05. The zero-order chi connectivity index (χ0) is 22.4. The molecule has 32 heavy (non-hydrogen) atoms. The van der Waals surface area contributed by atoms with Crippen molar-refractivity contribution in [1.82, 2.24) is 0 Å². The van der Waals surface area contributed by atoms with Crippen LogP contribution in [0.4, 0.5) is 0 Å². The Morgan fingerprint density at radius 2 is 1.81 bits per heavy atom. The van der Waals surface area contributed by atoms with Crippen molar-refractivity contribution in [1.29, 1.82) is 0 Å². The molecule has 1 aliphatic heterocycles. The van der Waals surface area contributed by atoms with Crippen molar-refractivity contribution in [3.8, 4) is 0 Å². The van der Waals surface area contributed by atoms with Crippen LogP contribution in [0.2, 0.25) is 0 Å². The Balaban J connectivity index is 1.17. The standard InChI is InChI=1S/C29H46O3/c1-19-14-28(12-8-20(15-28)9-13-29(31)11-5-7-22(30)17-29)25-27(3,32-25)16-21-6-4-10-26(2)18-23(19)24(21)26/h20-25,30-31H,1,4-18H2,2-3H3/t20-,21-,22-,23-,24-,25-,26+,27-,28-,29+/m1/s1. The second kappa shape index (κ2) is 7.31. The quantitative estimate of drug-likeness (QED) is 0.406. The minimum atomic E-state index is -0.633. The number of epoxide rings is 1. The van der Waals surface area contributed by atoms with Gasteiger partial charge in [-0.25, -0.2) is 0 Å². The van der Waals surface area contributed by atoms with E-state index < -0.39 is 5.60 Å². The number of aliphatic hydroxyl groups is 2. The van der Waals surface area contributed by atoms with Crippen molar-refractivity contribution < 1.29 is 14.9 Å². The topological polar surface area (TPSA) is 53.0 Å². The van der Waals surface area contributed by atoms with Gasteiger partial charge in [0, 0.05) is 11.8 Å². The zero-order valence-corrected chi connectivity index (χ0v) is 20.6. The molecule has 180 valence electrons. The number of aliphatic hydroxyl groups excluding tert-OH is 1. The van der Waals surface area contributed by atoms with Gasteiger partial charge in [0.15, 0.2) is 0 Å². The average Bonchev–Trinajstić information content (AvgIpc) is 3.20. The fourth-order valence-electron chi connectivity index (χ4n) is 10.1. The first-order valence-electron chi connectivity index (χ1n) is 13.9. The Morgan fingerprint density at radius 1 is 1.00 bits per heavy atom. The lowest BCUT2D eigenvalue weighted by molar-refractivity contribution is -0.0930. The van der Waals surface area contributed by atoms with Crippen molar-refractivity contribution in [3.05, 3.63) is 12.2 Å². The molecule has 1 heterocycles. The molecule has 2 N–H and O–H groups in total. The van der Waals surface area contributed by atoms with Crippen LogP contribution in [0.1, 0.15) is 110 Å². The summed E-state index contributed by atoms with van der Waals surface area (Å²) in [5.74, 6) is 3.13. The molecule has 0 amide bonds. The number of fused-ring (bicyclic) bond motifs is 2. The van der Waals surface area contributed by atoms with Crippen molar-refractivity contribution in [3.63, 3.8) is 0 Å². The normalized spacial score (nSPS) is 57.1. The number of hydrogen-bond acceptors (Lipinski definition) is 3. The summed E-state index contributed by atoms with van der Waals surface area (Å²) in [6, 6.07) is 0. The lowest BCUT2D eigenvalue weighted by Gasteiger charge is -2.61. The lowest BCUT2D eigenvalue weighted by atomic mass is 9.44. The van der Waals surface area contributed by atoms with Gasteiger partial charge in [-0.2, -0.15) is 0 Å². The molecule has 6 rings (SSSR count). The maximum Gasteiger partial charge on any atom is 0.0930 e. The van der Waals surface area contributed by atoms with Crippen LogP contribution in [0.15, 0.2) is 12.2 Å². The minimum Gasteiger partial charge on any atom is -0.393 e. The summed E-state index contributed by atoms with van der Waals surface area (Å²) >= 11 is 0. The van der Waals surface area contributed by atoms with Gasteiger partial charge in [-0.05, 0) is 113 Å². The number of ether oxygens (including phenoxy) is 1. The summed E-state index contributed by atoms with van der Waals surface area (Å²) in [4.78, 5) is 0. The third-order valence-corrected chi connectivity index (χ3v) is 11.5. The van der Waals surface area contributed by atoms with E-state index in [-0.39, 0.29) is 17.1 Å². The minimum absolute atomic E-state index is 0.0915. The van der Waals surface area contributed by atoms with E-state index in [1.54, 1.807) is 5.57 Å². The summed E-state index contributed by atoms with van der Waals surface area (Å²) in [6.45, 7) is 9.72. The Hall–Kier alpha value is -0.380. The maximum atomic E-state index is 11.1. The third kappa shape index (κ3) is 3.47. The van der Waals surface area contributed by atoms with Gasteiger partial charge in [-0.3, -0.25) is 0 Å². The highest BCUT2D eigenvalue weighted by Gasteiger charge is 2.68. The highest BCUT2D eigenvalue weighted by atomic mass is 16.6. The van der Waals surface area contributed by atoms with Gasteiger partial charge in [0.05, 0.1) is 23.4 Å². The van der Waals surface area contributed by atoms with Crippen LogP contribution in [0.5, 0.6) is 0 Å². The van der Waals surface area contributed by atoms with Crippen LogP contribution < -0.4 is 0 Å². The summed E-state index contributed by atoms with van der Waals surface area (Å²) in [6.07, 6.45) is 17.2. The Labute approximate surface area is 195 Å². The molecule has 5 aliphatic carbocycles. The number of rotatable bonds is 3. The molecule has 1 saturated heterocycles. The molecular weight excluding hydrogens is 396 g/mol. The SMILES string of the molecule is C=C1C[C@@]2(CC[C@H](CC[C@@]3(O)CCC[C@@H](O)C3)C2)[C@@H]2O[C@]2(C)C[C@H]2CCC[C@@]3(C)C[C@H]1[C@@H]23. The van der Waals surface area contributed by atoms with Crippen molar-refractivity contribution in [2.24, 2.45) is 34.5 Å². The molecule has 0 aromatic rings. The fourth-order valence-corrected chi connectivity index (χ4v) is 10.1. The summed E-state index contributed by atoms with van der Waals surface area (Å²) in [5, 5.41) is 21.1. The van der Waals surface area contributed by atoms with Crippen LogP contribution in [-0.4, -0.2) is 33.6 Å². The first-order chi connectivity index (χ1) is 15.1. The summed E-state index contributed by atoms with van der Waals surface area (Å²) < 4.78 is 6.65. The monoisotopic (exact) mass is 442 g/mol. The van der Waals surface area contributed by atoms with E-state index in [1.165, 1.54) is 57.8 Å². The molecule has 0 radical (unpaired) electrons. The van der Waals surface area contributed by atoms with E-state index in [0.29, 0.717) is 23.9 Å². The van der Waals surface area contributed by atoms with Gasteiger partial charge in [-0.1, -0.05) is 31.9 Å². The molecule has 3 heteroatoms. The van der Waals surface area contributed by atoms with E-state index in [2.05, 4.69) is 13.8 Å². The molecule has 0 unspecified atom stereocenters. The molecule has 6 aliphatic rings. The smallest absolute Gasteiger partial charge is 0.0930 e. The first-order valence-corrected chi connectivity index (χ1v) is 13.9. The zero-order valence-electron chi connectivity index (χ0n) is 20.6. The predicted octanol–water partition coefficient (Wildman–Crippen LogP) is 6.17. The number of allylic oxidation sites excluding steroid dienone is 1. The van der Waals surface area contributed by atoms with Gasteiger partial charge in [0.25, 0.3) is 0 Å². The molecule has 0 aromatic heterocycles. The van der Waals surface area contributed by atoms with Crippen molar-refractivity contribution in [2.45, 2.75) is 134 Å². The molecule has 1 spiro atoms. The van der Waals surface area contributed by atoms with Crippen molar-refractivity contribution in [2.75, 3.05) is 0 Å².